The quantitative estimate of drug-likeness (QED) is 0.583. The standard InChI is InChI=1S/C14H21NO2/c1-3-14(16)17-10-5-4-9-15-13-8-6-7-12(2)11-13/h6-8,11,15H,3-5,9-10H2,1-2H3. The van der Waals surface area contributed by atoms with E-state index in [2.05, 4.69) is 30.4 Å². The van der Waals surface area contributed by atoms with Crippen LogP contribution in [0.5, 0.6) is 0 Å². The van der Waals surface area contributed by atoms with Gasteiger partial charge in [-0.05, 0) is 37.5 Å². The zero-order valence-electron chi connectivity index (χ0n) is 10.7. The summed E-state index contributed by atoms with van der Waals surface area (Å²) in [6, 6.07) is 8.30. The SMILES string of the molecule is CCC(=O)OCCCCNc1cccc(C)c1. The second-order valence-corrected chi connectivity index (χ2v) is 4.08. The number of unbranched alkanes of at least 4 members (excludes halogenated alkanes) is 1. The highest BCUT2D eigenvalue weighted by Gasteiger charge is 1.97. The van der Waals surface area contributed by atoms with E-state index in [9.17, 15) is 4.79 Å². The molecule has 94 valence electrons. The Kier molecular flexibility index (Phi) is 6.15. The third-order valence-corrected chi connectivity index (χ3v) is 2.47. The average Bonchev–Trinajstić information content (AvgIpc) is 2.33. The maximum absolute atomic E-state index is 10.9. The lowest BCUT2D eigenvalue weighted by molar-refractivity contribution is -0.143. The molecule has 1 aromatic rings. The van der Waals surface area contributed by atoms with Crippen LogP contribution in [-0.4, -0.2) is 19.1 Å². The summed E-state index contributed by atoms with van der Waals surface area (Å²) in [4.78, 5) is 10.9. The highest BCUT2D eigenvalue weighted by Crippen LogP contribution is 2.09. The molecule has 0 aliphatic rings. The molecule has 0 atom stereocenters. The van der Waals surface area contributed by atoms with E-state index >= 15 is 0 Å². The lowest BCUT2D eigenvalue weighted by Gasteiger charge is -2.07. The molecule has 1 rings (SSSR count). The smallest absolute Gasteiger partial charge is 0.305 e. The Morgan fingerprint density at radius 2 is 2.18 bits per heavy atom. The molecule has 0 aliphatic carbocycles. The highest BCUT2D eigenvalue weighted by atomic mass is 16.5. The first-order valence-electron chi connectivity index (χ1n) is 6.18. The number of benzene rings is 1. The molecule has 3 nitrogen and oxygen atoms in total. The van der Waals surface area contributed by atoms with Crippen LogP contribution in [0.2, 0.25) is 0 Å². The van der Waals surface area contributed by atoms with Crippen LogP contribution in [0.4, 0.5) is 5.69 Å². The predicted molar refractivity (Wildman–Crippen MR) is 70.2 cm³/mol. The fraction of sp³-hybridized carbons (Fsp3) is 0.500. The van der Waals surface area contributed by atoms with Crippen molar-refractivity contribution in [2.24, 2.45) is 0 Å². The topological polar surface area (TPSA) is 38.3 Å². The third-order valence-electron chi connectivity index (χ3n) is 2.47. The van der Waals surface area contributed by atoms with Gasteiger partial charge in [0, 0.05) is 18.7 Å². The zero-order chi connectivity index (χ0) is 12.5. The summed E-state index contributed by atoms with van der Waals surface area (Å²) >= 11 is 0. The number of hydrogen-bond donors (Lipinski definition) is 1. The third kappa shape index (κ3) is 5.95. The fourth-order valence-corrected chi connectivity index (χ4v) is 1.50. The summed E-state index contributed by atoms with van der Waals surface area (Å²) in [6.07, 6.45) is 2.37. The fourth-order valence-electron chi connectivity index (χ4n) is 1.50. The molecule has 1 aromatic carbocycles. The van der Waals surface area contributed by atoms with Gasteiger partial charge in [0.25, 0.3) is 0 Å². The highest BCUT2D eigenvalue weighted by molar-refractivity contribution is 5.68. The van der Waals surface area contributed by atoms with Gasteiger partial charge in [-0.25, -0.2) is 0 Å². The van der Waals surface area contributed by atoms with Gasteiger partial charge in [-0.1, -0.05) is 19.1 Å². The van der Waals surface area contributed by atoms with Crippen LogP contribution in [0.25, 0.3) is 0 Å². The first-order chi connectivity index (χ1) is 8.22. The minimum atomic E-state index is -0.114. The van der Waals surface area contributed by atoms with Gasteiger partial charge in [0.2, 0.25) is 0 Å². The first-order valence-corrected chi connectivity index (χ1v) is 6.18. The number of nitrogens with one attached hydrogen (secondary N) is 1. The number of ether oxygens (including phenoxy) is 1. The van der Waals surface area contributed by atoms with Crippen molar-refractivity contribution in [3.8, 4) is 0 Å². The largest absolute Gasteiger partial charge is 0.466 e. The molecule has 3 heteroatoms. The summed E-state index contributed by atoms with van der Waals surface area (Å²) < 4.78 is 5.00. The molecule has 0 amide bonds. The predicted octanol–water partition coefficient (Wildman–Crippen LogP) is 3.14. The van der Waals surface area contributed by atoms with Crippen molar-refractivity contribution in [2.45, 2.75) is 33.1 Å². The molecule has 0 unspecified atom stereocenters. The van der Waals surface area contributed by atoms with Gasteiger partial charge in [-0.15, -0.1) is 0 Å². The number of esters is 1. The molecule has 1 N–H and O–H groups in total. The van der Waals surface area contributed by atoms with Gasteiger partial charge in [0.1, 0.15) is 0 Å². The molecule has 0 aliphatic heterocycles. The number of carbonyl (C=O) groups excluding carboxylic acids is 1. The zero-order valence-corrected chi connectivity index (χ0v) is 10.7. The van der Waals surface area contributed by atoms with E-state index in [0.717, 1.165) is 25.1 Å². The molecule has 0 fully saturated rings. The van der Waals surface area contributed by atoms with Crippen molar-refractivity contribution in [3.63, 3.8) is 0 Å². The van der Waals surface area contributed by atoms with Gasteiger partial charge < -0.3 is 10.1 Å². The lowest BCUT2D eigenvalue weighted by Crippen LogP contribution is -2.07. The van der Waals surface area contributed by atoms with Gasteiger partial charge in [0.05, 0.1) is 6.61 Å². The molecule has 0 spiro atoms. The second kappa shape index (κ2) is 7.71. The van der Waals surface area contributed by atoms with Gasteiger partial charge >= 0.3 is 5.97 Å². The molecule has 0 aromatic heterocycles. The number of hydrogen-bond acceptors (Lipinski definition) is 3. The van der Waals surface area contributed by atoms with Crippen LogP contribution in [0.15, 0.2) is 24.3 Å². The summed E-state index contributed by atoms with van der Waals surface area (Å²) in [5.41, 5.74) is 2.41. The summed E-state index contributed by atoms with van der Waals surface area (Å²) in [5, 5.41) is 3.35. The Bertz CT molecular complexity index is 350. The van der Waals surface area contributed by atoms with E-state index in [0.29, 0.717) is 13.0 Å². The van der Waals surface area contributed by atoms with Gasteiger partial charge in [-0.3, -0.25) is 4.79 Å². The number of rotatable bonds is 7. The molecular weight excluding hydrogens is 214 g/mol. The van der Waals surface area contributed by atoms with Crippen molar-refractivity contribution in [3.05, 3.63) is 29.8 Å². The summed E-state index contributed by atoms with van der Waals surface area (Å²) in [7, 11) is 0. The molecule has 0 saturated heterocycles. The minimum Gasteiger partial charge on any atom is -0.466 e. The molecule has 0 heterocycles. The average molecular weight is 235 g/mol. The Balaban J connectivity index is 2.06. The minimum absolute atomic E-state index is 0.114. The van der Waals surface area contributed by atoms with Crippen molar-refractivity contribution >= 4 is 11.7 Å². The Hall–Kier alpha value is -1.51. The van der Waals surface area contributed by atoms with Crippen LogP contribution in [0.1, 0.15) is 31.7 Å². The molecule has 0 saturated carbocycles. The van der Waals surface area contributed by atoms with Gasteiger partial charge in [0.15, 0.2) is 0 Å². The molecule has 17 heavy (non-hydrogen) atoms. The van der Waals surface area contributed by atoms with E-state index < -0.39 is 0 Å². The van der Waals surface area contributed by atoms with Crippen LogP contribution < -0.4 is 5.32 Å². The number of anilines is 1. The van der Waals surface area contributed by atoms with E-state index in [-0.39, 0.29) is 5.97 Å². The summed E-state index contributed by atoms with van der Waals surface area (Å²) in [5.74, 6) is -0.114. The number of aryl methyl sites for hydroxylation is 1. The number of carbonyl (C=O) groups is 1. The van der Waals surface area contributed by atoms with Crippen LogP contribution in [-0.2, 0) is 9.53 Å². The lowest BCUT2D eigenvalue weighted by atomic mass is 10.2. The maximum atomic E-state index is 10.9. The Labute approximate surface area is 103 Å². The van der Waals surface area contributed by atoms with Gasteiger partial charge in [-0.2, -0.15) is 0 Å². The van der Waals surface area contributed by atoms with E-state index in [4.69, 9.17) is 4.74 Å². The van der Waals surface area contributed by atoms with Crippen molar-refractivity contribution in [1.29, 1.82) is 0 Å². The van der Waals surface area contributed by atoms with E-state index in [1.807, 2.05) is 13.0 Å². The molecule has 0 radical (unpaired) electrons. The molecule has 0 bridgehead atoms. The Morgan fingerprint density at radius 3 is 2.88 bits per heavy atom. The normalized spacial score (nSPS) is 10.0. The van der Waals surface area contributed by atoms with Crippen LogP contribution in [0, 0.1) is 6.92 Å². The Morgan fingerprint density at radius 1 is 1.35 bits per heavy atom. The summed E-state index contributed by atoms with van der Waals surface area (Å²) in [6.45, 7) is 5.33. The second-order valence-electron chi connectivity index (χ2n) is 4.08. The van der Waals surface area contributed by atoms with Crippen molar-refractivity contribution in [1.82, 2.24) is 0 Å². The maximum Gasteiger partial charge on any atom is 0.305 e. The monoisotopic (exact) mass is 235 g/mol. The molecular formula is C14H21NO2. The van der Waals surface area contributed by atoms with Crippen molar-refractivity contribution < 1.29 is 9.53 Å². The van der Waals surface area contributed by atoms with Crippen molar-refractivity contribution in [2.75, 3.05) is 18.5 Å². The van der Waals surface area contributed by atoms with E-state index in [1.165, 1.54) is 5.56 Å². The first kappa shape index (κ1) is 13.6. The van der Waals surface area contributed by atoms with Crippen LogP contribution in [0.3, 0.4) is 0 Å². The van der Waals surface area contributed by atoms with E-state index in [1.54, 1.807) is 0 Å². The van der Waals surface area contributed by atoms with Crippen LogP contribution >= 0.6 is 0 Å².